The van der Waals surface area contributed by atoms with Crippen molar-refractivity contribution in [3.05, 3.63) is 16.0 Å². The second-order valence-electron chi connectivity index (χ2n) is 5.47. The topological polar surface area (TPSA) is 76.6 Å². The first-order valence-corrected chi connectivity index (χ1v) is 7.44. The quantitative estimate of drug-likeness (QED) is 0.715. The molecule has 2 heterocycles. The molecule has 2 amide bonds. The molecule has 1 saturated carbocycles. The number of nitrogens with one attached hydrogen (secondary N) is 2. The number of thiophene rings is 1. The van der Waals surface area contributed by atoms with Crippen LogP contribution in [0.2, 0.25) is 0 Å². The van der Waals surface area contributed by atoms with E-state index in [2.05, 4.69) is 12.4 Å². The summed E-state index contributed by atoms with van der Waals surface area (Å²) in [4.78, 5) is 26.1. The molecule has 0 aromatic carbocycles. The Bertz CT molecular complexity index is 548. The van der Waals surface area contributed by atoms with Crippen molar-refractivity contribution in [3.63, 3.8) is 0 Å². The van der Waals surface area contributed by atoms with E-state index in [1.165, 1.54) is 21.1 Å². The number of hydrogen-bond acceptors (Lipinski definition) is 3. The second kappa shape index (κ2) is 4.61. The van der Waals surface area contributed by atoms with Crippen molar-refractivity contribution in [1.82, 2.24) is 0 Å². The molecule has 0 radical (unpaired) electrons. The first kappa shape index (κ1) is 12.6. The number of fused-ring (bicyclic) bond motifs is 1. The minimum atomic E-state index is -0.428. The number of quaternary nitrogens is 1. The van der Waals surface area contributed by atoms with Crippen LogP contribution in [0.25, 0.3) is 0 Å². The van der Waals surface area contributed by atoms with Crippen LogP contribution in [-0.4, -0.2) is 25.4 Å². The van der Waals surface area contributed by atoms with Gasteiger partial charge in [0.1, 0.15) is 11.5 Å². The lowest BCUT2D eigenvalue weighted by atomic mass is 10.0. The van der Waals surface area contributed by atoms with Gasteiger partial charge >= 0.3 is 0 Å². The van der Waals surface area contributed by atoms with Gasteiger partial charge in [0.2, 0.25) is 5.91 Å². The summed E-state index contributed by atoms with van der Waals surface area (Å²) in [5.74, 6) is -0.266. The lowest BCUT2D eigenvalue weighted by Crippen LogP contribution is -3.08. The third-order valence-electron chi connectivity index (χ3n) is 3.79. The van der Waals surface area contributed by atoms with Gasteiger partial charge in [0, 0.05) is 12.3 Å². The van der Waals surface area contributed by atoms with Crippen LogP contribution in [0.15, 0.2) is 0 Å². The van der Waals surface area contributed by atoms with Gasteiger partial charge in [-0.05, 0) is 18.4 Å². The zero-order valence-electron chi connectivity index (χ0n) is 10.9. The molecule has 2 aliphatic rings. The third kappa shape index (κ3) is 2.37. The molecule has 0 bridgehead atoms. The Kier molecular flexibility index (Phi) is 3.06. The summed E-state index contributed by atoms with van der Waals surface area (Å²) in [6, 6.07) is 0. The van der Waals surface area contributed by atoms with Crippen LogP contribution in [0.3, 0.4) is 0 Å². The highest BCUT2D eigenvalue weighted by Gasteiger charge is 2.33. The van der Waals surface area contributed by atoms with Gasteiger partial charge in [0.25, 0.3) is 5.91 Å². The van der Waals surface area contributed by atoms with Crippen LogP contribution in [0.5, 0.6) is 0 Å². The molecule has 1 aliphatic carbocycles. The van der Waals surface area contributed by atoms with E-state index in [0.717, 1.165) is 37.9 Å². The molecular formula is C13H18N3O2S+. The van der Waals surface area contributed by atoms with Crippen molar-refractivity contribution >= 4 is 28.2 Å². The first-order chi connectivity index (χ1) is 9.06. The fourth-order valence-electron chi connectivity index (χ4n) is 2.53. The molecular weight excluding hydrogens is 262 g/mol. The number of rotatable bonds is 3. The van der Waals surface area contributed by atoms with Crippen LogP contribution in [-0.2, 0) is 17.8 Å². The van der Waals surface area contributed by atoms with Gasteiger partial charge < -0.3 is 16.0 Å². The summed E-state index contributed by atoms with van der Waals surface area (Å²) in [6.45, 7) is 1.90. The second-order valence-corrected chi connectivity index (χ2v) is 6.57. The first-order valence-electron chi connectivity index (χ1n) is 6.62. The lowest BCUT2D eigenvalue weighted by Gasteiger charge is -2.19. The molecule has 1 atom stereocenters. The van der Waals surface area contributed by atoms with Crippen LogP contribution in [0, 0.1) is 5.92 Å². The number of likely N-dealkylation sites (N-methyl/N-ethyl adjacent to an activating group) is 1. The van der Waals surface area contributed by atoms with E-state index in [-0.39, 0.29) is 11.8 Å². The van der Waals surface area contributed by atoms with Crippen molar-refractivity contribution in [1.29, 1.82) is 0 Å². The van der Waals surface area contributed by atoms with Gasteiger partial charge in [-0.3, -0.25) is 9.59 Å². The van der Waals surface area contributed by atoms with Crippen LogP contribution >= 0.6 is 11.3 Å². The molecule has 1 fully saturated rings. The summed E-state index contributed by atoms with van der Waals surface area (Å²) in [7, 11) is 2.13. The Hall–Kier alpha value is -1.40. The molecule has 6 heteroatoms. The van der Waals surface area contributed by atoms with Gasteiger partial charge in [0.05, 0.1) is 24.0 Å². The summed E-state index contributed by atoms with van der Waals surface area (Å²) in [5, 5.41) is 3.55. The average molecular weight is 280 g/mol. The smallest absolute Gasteiger partial charge is 0.252 e. The molecule has 102 valence electrons. The molecule has 19 heavy (non-hydrogen) atoms. The highest BCUT2D eigenvalue weighted by atomic mass is 32.1. The summed E-state index contributed by atoms with van der Waals surface area (Å²) >= 11 is 1.51. The lowest BCUT2D eigenvalue weighted by molar-refractivity contribution is -0.895. The molecule has 1 aliphatic heterocycles. The van der Waals surface area contributed by atoms with Crippen molar-refractivity contribution in [2.75, 3.05) is 18.9 Å². The van der Waals surface area contributed by atoms with Crippen molar-refractivity contribution in [3.8, 4) is 0 Å². The predicted octanol–water partition coefficient (Wildman–Crippen LogP) is -0.234. The number of hydrogen-bond donors (Lipinski definition) is 3. The molecule has 4 N–H and O–H groups in total. The Morgan fingerprint density at radius 3 is 2.79 bits per heavy atom. The Morgan fingerprint density at radius 2 is 2.16 bits per heavy atom. The molecule has 5 nitrogen and oxygen atoms in total. The zero-order valence-corrected chi connectivity index (χ0v) is 11.7. The summed E-state index contributed by atoms with van der Waals surface area (Å²) < 4.78 is 0. The van der Waals surface area contributed by atoms with Crippen LogP contribution in [0.4, 0.5) is 5.00 Å². The number of anilines is 1. The highest BCUT2D eigenvalue weighted by Crippen LogP contribution is 2.36. The molecule has 1 aromatic rings. The Balaban J connectivity index is 1.93. The zero-order chi connectivity index (χ0) is 13.6. The highest BCUT2D eigenvalue weighted by molar-refractivity contribution is 7.17. The average Bonchev–Trinajstić information content (AvgIpc) is 3.11. The van der Waals surface area contributed by atoms with E-state index in [4.69, 9.17) is 5.73 Å². The number of carbonyl (C=O) groups is 2. The number of amides is 2. The van der Waals surface area contributed by atoms with E-state index >= 15 is 0 Å². The maximum atomic E-state index is 11.9. The van der Waals surface area contributed by atoms with Gasteiger partial charge in [-0.15, -0.1) is 11.3 Å². The summed E-state index contributed by atoms with van der Waals surface area (Å²) in [6.07, 6.45) is 2.76. The molecule has 3 rings (SSSR count). The number of carbonyl (C=O) groups excluding carboxylic acids is 2. The van der Waals surface area contributed by atoms with E-state index in [0.29, 0.717) is 10.6 Å². The number of primary amides is 1. The van der Waals surface area contributed by atoms with Gasteiger partial charge in [0.15, 0.2) is 0 Å². The predicted molar refractivity (Wildman–Crippen MR) is 73.4 cm³/mol. The van der Waals surface area contributed by atoms with Crippen LogP contribution in [0.1, 0.15) is 33.6 Å². The largest absolute Gasteiger partial charge is 0.365 e. The van der Waals surface area contributed by atoms with Gasteiger partial charge in [-0.25, -0.2) is 0 Å². The maximum absolute atomic E-state index is 11.9. The fourth-order valence-corrected chi connectivity index (χ4v) is 3.90. The van der Waals surface area contributed by atoms with E-state index in [1.807, 2.05) is 0 Å². The normalized spacial score (nSPS) is 21.8. The van der Waals surface area contributed by atoms with Gasteiger partial charge in [-0.1, -0.05) is 0 Å². The standard InChI is InChI=1S/C13H17N3O2S/c1-16-5-4-8-9(6-16)19-13(10(8)11(14)17)15-12(18)7-2-3-7/h7H,2-6H2,1H3,(H2,14,17)(H,15,18)/p+1. The fraction of sp³-hybridized carbons (Fsp3) is 0.538. The van der Waals surface area contributed by atoms with E-state index in [1.54, 1.807) is 0 Å². The maximum Gasteiger partial charge on any atom is 0.252 e. The van der Waals surface area contributed by atoms with Crippen molar-refractivity contribution in [2.24, 2.45) is 11.7 Å². The Morgan fingerprint density at radius 1 is 1.42 bits per heavy atom. The Labute approximate surface area is 115 Å². The molecule has 0 spiro atoms. The van der Waals surface area contributed by atoms with Crippen LogP contribution < -0.4 is 16.0 Å². The number of nitrogens with two attached hydrogens (primary N) is 1. The van der Waals surface area contributed by atoms with Gasteiger partial charge in [-0.2, -0.15) is 0 Å². The monoisotopic (exact) mass is 280 g/mol. The molecule has 1 unspecified atom stereocenters. The minimum absolute atomic E-state index is 0.0294. The van der Waals surface area contributed by atoms with Crippen molar-refractivity contribution < 1.29 is 14.5 Å². The van der Waals surface area contributed by atoms with E-state index < -0.39 is 5.91 Å². The minimum Gasteiger partial charge on any atom is -0.365 e. The van der Waals surface area contributed by atoms with Crippen molar-refractivity contribution in [2.45, 2.75) is 25.8 Å². The molecule has 1 aromatic heterocycles. The third-order valence-corrected chi connectivity index (χ3v) is 4.93. The molecule has 0 saturated heterocycles. The SMILES string of the molecule is C[NH+]1CCc2c(sc(NC(=O)C3CC3)c2C(N)=O)C1. The van der Waals surface area contributed by atoms with E-state index in [9.17, 15) is 9.59 Å². The summed E-state index contributed by atoms with van der Waals surface area (Å²) in [5.41, 5.74) is 7.09.